The molecule has 2 rings (SSSR count). The molecule has 0 amide bonds. The molecule has 0 unspecified atom stereocenters. The predicted molar refractivity (Wildman–Crippen MR) is 107 cm³/mol. The molecule has 0 atom stereocenters. The Kier molecular flexibility index (Phi) is 8.73. The van der Waals surface area contributed by atoms with Crippen LogP contribution in [0.1, 0.15) is 35.3 Å². The van der Waals surface area contributed by atoms with Gasteiger partial charge in [0.05, 0.1) is 6.54 Å². The first kappa shape index (κ1) is 20.4. The molecule has 0 aliphatic rings. The first-order valence-electron chi connectivity index (χ1n) is 7.96. The molecule has 1 aromatic heterocycles. The number of hydrogen-bond donors (Lipinski definition) is 2. The van der Waals surface area contributed by atoms with Gasteiger partial charge in [-0.2, -0.15) is 4.98 Å². The number of nitrogens with one attached hydrogen (secondary N) is 2. The van der Waals surface area contributed by atoms with Crippen molar-refractivity contribution < 1.29 is 4.52 Å². The quantitative estimate of drug-likeness (QED) is 0.408. The van der Waals surface area contributed by atoms with Crippen molar-refractivity contribution in [3.05, 3.63) is 46.6 Å². The Morgan fingerprint density at radius 3 is 2.62 bits per heavy atom. The maximum atomic E-state index is 5.10. The largest absolute Gasteiger partial charge is 0.357 e. The fourth-order valence-corrected chi connectivity index (χ4v) is 2.26. The molecule has 0 saturated heterocycles. The second-order valence-corrected chi connectivity index (χ2v) is 5.54. The summed E-state index contributed by atoms with van der Waals surface area (Å²) in [7, 11) is 0. The average molecular weight is 443 g/mol. The SMILES string of the molecule is CCNC(=NCc1ccc(C)cc1C)NCCc1nc(C)no1.I. The normalized spacial score (nSPS) is 11.1. The number of aryl methyl sites for hydroxylation is 3. The van der Waals surface area contributed by atoms with Crippen molar-refractivity contribution in [2.75, 3.05) is 13.1 Å². The maximum Gasteiger partial charge on any atom is 0.228 e. The third-order valence-corrected chi connectivity index (χ3v) is 3.45. The van der Waals surface area contributed by atoms with Crippen molar-refractivity contribution >= 4 is 29.9 Å². The van der Waals surface area contributed by atoms with E-state index in [1.165, 1.54) is 16.7 Å². The number of aliphatic imine (C=N–C) groups is 1. The lowest BCUT2D eigenvalue weighted by Crippen LogP contribution is -2.38. The van der Waals surface area contributed by atoms with E-state index >= 15 is 0 Å². The van der Waals surface area contributed by atoms with E-state index in [4.69, 9.17) is 4.52 Å². The fourth-order valence-electron chi connectivity index (χ4n) is 2.26. The van der Waals surface area contributed by atoms with Gasteiger partial charge in [-0.25, -0.2) is 4.99 Å². The molecule has 2 N–H and O–H groups in total. The Morgan fingerprint density at radius 1 is 1.21 bits per heavy atom. The number of benzene rings is 1. The van der Waals surface area contributed by atoms with Gasteiger partial charge >= 0.3 is 0 Å². The zero-order chi connectivity index (χ0) is 16.7. The van der Waals surface area contributed by atoms with Crippen LogP contribution < -0.4 is 10.6 Å². The summed E-state index contributed by atoms with van der Waals surface area (Å²) in [5, 5.41) is 10.3. The molecule has 0 aliphatic carbocycles. The molecule has 6 nitrogen and oxygen atoms in total. The molecule has 0 aliphatic heterocycles. The van der Waals surface area contributed by atoms with E-state index in [-0.39, 0.29) is 24.0 Å². The van der Waals surface area contributed by atoms with Gasteiger partial charge in [0.2, 0.25) is 5.89 Å². The highest BCUT2D eigenvalue weighted by atomic mass is 127. The summed E-state index contributed by atoms with van der Waals surface area (Å²) in [5.74, 6) is 2.10. The summed E-state index contributed by atoms with van der Waals surface area (Å²) in [6.07, 6.45) is 0.675. The van der Waals surface area contributed by atoms with E-state index in [0.717, 1.165) is 12.5 Å². The van der Waals surface area contributed by atoms with Crippen LogP contribution >= 0.6 is 24.0 Å². The van der Waals surface area contributed by atoms with E-state index in [2.05, 4.69) is 64.7 Å². The fraction of sp³-hybridized carbons (Fsp3) is 0.471. The van der Waals surface area contributed by atoms with Crippen LogP contribution in [0.4, 0.5) is 0 Å². The highest BCUT2D eigenvalue weighted by Crippen LogP contribution is 2.11. The number of hydrogen-bond acceptors (Lipinski definition) is 4. The molecule has 0 radical (unpaired) electrons. The Morgan fingerprint density at radius 2 is 2.00 bits per heavy atom. The van der Waals surface area contributed by atoms with Crippen LogP contribution in [0.15, 0.2) is 27.7 Å². The van der Waals surface area contributed by atoms with Crippen LogP contribution in [0.5, 0.6) is 0 Å². The zero-order valence-corrected chi connectivity index (χ0v) is 17.0. The third-order valence-electron chi connectivity index (χ3n) is 3.45. The second-order valence-electron chi connectivity index (χ2n) is 5.54. The molecule has 1 heterocycles. The Balaban J connectivity index is 0.00000288. The average Bonchev–Trinajstić information content (AvgIpc) is 2.91. The third kappa shape index (κ3) is 6.46. The molecular formula is C17H26IN5O. The van der Waals surface area contributed by atoms with Gasteiger partial charge in [0.1, 0.15) is 0 Å². The molecule has 0 bridgehead atoms. The van der Waals surface area contributed by atoms with Crippen LogP contribution in [0.2, 0.25) is 0 Å². The first-order chi connectivity index (χ1) is 11.1. The van der Waals surface area contributed by atoms with Crippen LogP contribution in [0, 0.1) is 20.8 Å². The van der Waals surface area contributed by atoms with E-state index in [1.54, 1.807) is 0 Å². The van der Waals surface area contributed by atoms with Crippen molar-refractivity contribution in [2.24, 2.45) is 4.99 Å². The highest BCUT2D eigenvalue weighted by Gasteiger charge is 2.04. The summed E-state index contributed by atoms with van der Waals surface area (Å²) >= 11 is 0. The summed E-state index contributed by atoms with van der Waals surface area (Å²) in [6.45, 7) is 10.3. The van der Waals surface area contributed by atoms with Gasteiger partial charge < -0.3 is 15.2 Å². The monoisotopic (exact) mass is 443 g/mol. The molecule has 0 spiro atoms. The smallest absolute Gasteiger partial charge is 0.228 e. The number of guanidine groups is 1. The Hall–Kier alpha value is -1.64. The van der Waals surface area contributed by atoms with Gasteiger partial charge in [-0.05, 0) is 38.8 Å². The highest BCUT2D eigenvalue weighted by molar-refractivity contribution is 14.0. The summed E-state index contributed by atoms with van der Waals surface area (Å²) in [4.78, 5) is 8.83. The topological polar surface area (TPSA) is 75.3 Å². The van der Waals surface area contributed by atoms with Crippen LogP contribution in [0.3, 0.4) is 0 Å². The minimum absolute atomic E-state index is 0. The first-order valence-corrected chi connectivity index (χ1v) is 7.96. The van der Waals surface area contributed by atoms with Crippen LogP contribution in [-0.2, 0) is 13.0 Å². The molecule has 0 saturated carbocycles. The number of rotatable bonds is 6. The molecule has 24 heavy (non-hydrogen) atoms. The van der Waals surface area contributed by atoms with E-state index in [0.29, 0.717) is 31.2 Å². The standard InChI is InChI=1S/C17H25N5O.HI/c1-5-18-17(19-9-8-16-21-14(4)22-23-16)20-11-15-7-6-12(2)10-13(15)3;/h6-7,10H,5,8-9,11H2,1-4H3,(H2,18,19,20);1H. The molecule has 0 fully saturated rings. The van der Waals surface area contributed by atoms with Crippen molar-refractivity contribution in [1.82, 2.24) is 20.8 Å². The molecule has 2 aromatic rings. The molecule has 132 valence electrons. The summed E-state index contributed by atoms with van der Waals surface area (Å²) < 4.78 is 5.10. The Bertz CT molecular complexity index is 669. The lowest BCUT2D eigenvalue weighted by Gasteiger charge is -2.11. The predicted octanol–water partition coefficient (Wildman–Crippen LogP) is 2.91. The van der Waals surface area contributed by atoms with Crippen molar-refractivity contribution in [2.45, 2.75) is 40.7 Å². The maximum absolute atomic E-state index is 5.10. The Labute approximate surface area is 160 Å². The summed E-state index contributed by atoms with van der Waals surface area (Å²) in [5.41, 5.74) is 3.78. The molecule has 1 aromatic carbocycles. The minimum Gasteiger partial charge on any atom is -0.357 e. The molecular weight excluding hydrogens is 417 g/mol. The van der Waals surface area contributed by atoms with Gasteiger partial charge in [-0.15, -0.1) is 24.0 Å². The summed E-state index contributed by atoms with van der Waals surface area (Å²) in [6, 6.07) is 6.44. The van der Waals surface area contributed by atoms with Crippen molar-refractivity contribution in [1.29, 1.82) is 0 Å². The van der Waals surface area contributed by atoms with Gasteiger partial charge in [0.25, 0.3) is 0 Å². The van der Waals surface area contributed by atoms with Crippen LogP contribution in [-0.4, -0.2) is 29.2 Å². The van der Waals surface area contributed by atoms with Gasteiger partial charge in [-0.3, -0.25) is 0 Å². The molecule has 7 heteroatoms. The van der Waals surface area contributed by atoms with Crippen molar-refractivity contribution in [3.8, 4) is 0 Å². The lowest BCUT2D eigenvalue weighted by molar-refractivity contribution is 0.374. The lowest BCUT2D eigenvalue weighted by atomic mass is 10.1. The second kappa shape index (κ2) is 10.3. The van der Waals surface area contributed by atoms with E-state index < -0.39 is 0 Å². The number of nitrogens with zero attached hydrogens (tertiary/aromatic N) is 3. The van der Waals surface area contributed by atoms with Crippen molar-refractivity contribution in [3.63, 3.8) is 0 Å². The van der Waals surface area contributed by atoms with E-state index in [1.807, 2.05) is 6.92 Å². The van der Waals surface area contributed by atoms with Gasteiger partial charge in [0, 0.05) is 19.5 Å². The van der Waals surface area contributed by atoms with Gasteiger partial charge in [0.15, 0.2) is 11.8 Å². The van der Waals surface area contributed by atoms with E-state index in [9.17, 15) is 0 Å². The zero-order valence-electron chi connectivity index (χ0n) is 14.7. The number of halogens is 1. The van der Waals surface area contributed by atoms with Crippen LogP contribution in [0.25, 0.3) is 0 Å². The van der Waals surface area contributed by atoms with Gasteiger partial charge in [-0.1, -0.05) is 28.9 Å². The number of aromatic nitrogens is 2. The minimum atomic E-state index is 0.